The van der Waals surface area contributed by atoms with Gasteiger partial charge in [0.1, 0.15) is 6.10 Å². The molecular weight excluding hydrogens is 266 g/mol. The first kappa shape index (κ1) is 15.7. The molecule has 2 unspecified atom stereocenters. The highest BCUT2D eigenvalue weighted by atomic mass is 16.5. The molecule has 4 nitrogen and oxygen atoms in total. The van der Waals surface area contributed by atoms with Crippen LogP contribution in [0.3, 0.4) is 0 Å². The van der Waals surface area contributed by atoms with Gasteiger partial charge in [-0.2, -0.15) is 0 Å². The van der Waals surface area contributed by atoms with Crippen LogP contribution in [0.4, 0.5) is 0 Å². The number of hydrogen-bond acceptors (Lipinski definition) is 3. The third kappa shape index (κ3) is 3.32. The van der Waals surface area contributed by atoms with Gasteiger partial charge in [0.05, 0.1) is 6.04 Å². The zero-order chi connectivity index (χ0) is 15.6. The van der Waals surface area contributed by atoms with E-state index in [0.717, 1.165) is 24.0 Å². The monoisotopic (exact) mass is 289 g/mol. The normalized spacial score (nSPS) is 19.3. The van der Waals surface area contributed by atoms with Crippen molar-refractivity contribution in [3.8, 4) is 0 Å². The van der Waals surface area contributed by atoms with Crippen LogP contribution in [0.5, 0.6) is 0 Å². The fourth-order valence-corrected chi connectivity index (χ4v) is 2.50. The number of rotatable bonds is 4. The van der Waals surface area contributed by atoms with Gasteiger partial charge in [-0.05, 0) is 50.8 Å². The Morgan fingerprint density at radius 2 is 2.00 bits per heavy atom. The number of carbonyl (C=O) groups is 2. The Morgan fingerprint density at radius 3 is 2.57 bits per heavy atom. The first-order valence-electron chi connectivity index (χ1n) is 7.41. The Bertz CT molecular complexity index is 547. The van der Waals surface area contributed by atoms with E-state index in [9.17, 15) is 9.59 Å². The molecule has 1 fully saturated rings. The first-order valence-corrected chi connectivity index (χ1v) is 7.41. The quantitative estimate of drug-likeness (QED) is 0.800. The Balaban J connectivity index is 2.10. The van der Waals surface area contributed by atoms with Gasteiger partial charge in [-0.1, -0.05) is 12.1 Å². The van der Waals surface area contributed by atoms with Crippen LogP contribution < -0.4 is 0 Å². The van der Waals surface area contributed by atoms with Crippen LogP contribution in [0.2, 0.25) is 0 Å². The Morgan fingerprint density at radius 1 is 1.29 bits per heavy atom. The molecule has 1 saturated heterocycles. The third-order valence-electron chi connectivity index (χ3n) is 4.30. The summed E-state index contributed by atoms with van der Waals surface area (Å²) in [5.41, 5.74) is 2.89. The SMILES string of the molecule is Cc1ccc(C(=O)C(C)N(C)C(=O)C2CCCO2)cc1C. The second kappa shape index (κ2) is 6.39. The summed E-state index contributed by atoms with van der Waals surface area (Å²) < 4.78 is 5.40. The molecule has 0 radical (unpaired) electrons. The van der Waals surface area contributed by atoms with Crippen molar-refractivity contribution in [1.82, 2.24) is 4.90 Å². The second-order valence-electron chi connectivity index (χ2n) is 5.79. The molecule has 1 aromatic carbocycles. The summed E-state index contributed by atoms with van der Waals surface area (Å²) in [5.74, 6) is -0.135. The molecule has 4 heteroatoms. The molecule has 0 N–H and O–H groups in total. The summed E-state index contributed by atoms with van der Waals surface area (Å²) in [7, 11) is 1.67. The molecule has 1 amide bonds. The number of ketones is 1. The maximum Gasteiger partial charge on any atom is 0.252 e. The van der Waals surface area contributed by atoms with Crippen LogP contribution in [0.15, 0.2) is 18.2 Å². The predicted octanol–water partition coefficient (Wildman–Crippen LogP) is 2.51. The minimum absolute atomic E-state index is 0.0352. The fourth-order valence-electron chi connectivity index (χ4n) is 2.50. The number of amides is 1. The lowest BCUT2D eigenvalue weighted by Crippen LogP contribution is -2.45. The molecule has 2 atom stereocenters. The summed E-state index contributed by atoms with van der Waals surface area (Å²) >= 11 is 0. The van der Waals surface area contributed by atoms with Crippen molar-refractivity contribution in [3.63, 3.8) is 0 Å². The zero-order valence-electron chi connectivity index (χ0n) is 13.2. The van der Waals surface area contributed by atoms with Crippen molar-refractivity contribution in [2.75, 3.05) is 13.7 Å². The van der Waals surface area contributed by atoms with Gasteiger partial charge in [0.15, 0.2) is 5.78 Å². The molecule has 1 aliphatic rings. The van der Waals surface area contributed by atoms with E-state index in [1.165, 1.54) is 4.90 Å². The van der Waals surface area contributed by atoms with Crippen molar-refractivity contribution in [3.05, 3.63) is 34.9 Å². The zero-order valence-corrected chi connectivity index (χ0v) is 13.2. The van der Waals surface area contributed by atoms with E-state index < -0.39 is 6.04 Å². The van der Waals surface area contributed by atoms with Crippen molar-refractivity contribution in [2.24, 2.45) is 0 Å². The first-order chi connectivity index (χ1) is 9.91. The summed E-state index contributed by atoms with van der Waals surface area (Å²) in [4.78, 5) is 26.3. The van der Waals surface area contributed by atoms with E-state index in [0.29, 0.717) is 12.2 Å². The minimum Gasteiger partial charge on any atom is -0.368 e. The minimum atomic E-state index is -0.483. The van der Waals surface area contributed by atoms with E-state index in [4.69, 9.17) is 4.74 Å². The molecule has 0 spiro atoms. The molecule has 114 valence electrons. The van der Waals surface area contributed by atoms with Gasteiger partial charge in [-0.15, -0.1) is 0 Å². The van der Waals surface area contributed by atoms with Crippen molar-refractivity contribution >= 4 is 11.7 Å². The molecule has 1 aromatic rings. The molecule has 0 saturated carbocycles. The smallest absolute Gasteiger partial charge is 0.252 e. The standard InChI is InChI=1S/C17H23NO3/c1-11-7-8-14(10-12(11)2)16(19)13(3)18(4)17(20)15-6-5-9-21-15/h7-8,10,13,15H,5-6,9H2,1-4H3. The average Bonchev–Trinajstić information content (AvgIpc) is 3.01. The number of likely N-dealkylation sites (N-methyl/N-ethyl adjacent to an activating group) is 1. The van der Waals surface area contributed by atoms with Gasteiger partial charge in [0.25, 0.3) is 5.91 Å². The molecule has 1 heterocycles. The van der Waals surface area contributed by atoms with Crippen LogP contribution >= 0.6 is 0 Å². The molecule has 0 aromatic heterocycles. The van der Waals surface area contributed by atoms with Gasteiger partial charge < -0.3 is 9.64 Å². The predicted molar refractivity (Wildman–Crippen MR) is 81.5 cm³/mol. The van der Waals surface area contributed by atoms with Gasteiger partial charge in [-0.25, -0.2) is 0 Å². The number of nitrogens with zero attached hydrogens (tertiary/aromatic N) is 1. The molecule has 0 aliphatic carbocycles. The van der Waals surface area contributed by atoms with Gasteiger partial charge in [0, 0.05) is 19.2 Å². The average molecular weight is 289 g/mol. The lowest BCUT2D eigenvalue weighted by molar-refractivity contribution is -0.140. The number of carbonyl (C=O) groups excluding carboxylic acids is 2. The maximum absolute atomic E-state index is 12.5. The molecule has 1 aliphatic heterocycles. The number of aryl methyl sites for hydroxylation is 2. The van der Waals surface area contributed by atoms with Crippen LogP contribution in [0.25, 0.3) is 0 Å². The van der Waals surface area contributed by atoms with Gasteiger partial charge in [0.2, 0.25) is 0 Å². The van der Waals surface area contributed by atoms with Crippen LogP contribution in [-0.4, -0.2) is 42.4 Å². The lowest BCUT2D eigenvalue weighted by atomic mass is 9.99. The Labute approximate surface area is 126 Å². The van der Waals surface area contributed by atoms with Crippen LogP contribution in [-0.2, 0) is 9.53 Å². The lowest BCUT2D eigenvalue weighted by Gasteiger charge is -2.26. The molecule has 0 bridgehead atoms. The molecule has 21 heavy (non-hydrogen) atoms. The summed E-state index contributed by atoms with van der Waals surface area (Å²) in [5, 5.41) is 0. The van der Waals surface area contributed by atoms with Crippen molar-refractivity contribution < 1.29 is 14.3 Å². The third-order valence-corrected chi connectivity index (χ3v) is 4.30. The second-order valence-corrected chi connectivity index (χ2v) is 5.79. The van der Waals surface area contributed by atoms with Gasteiger partial charge in [-0.3, -0.25) is 9.59 Å². The number of benzene rings is 1. The highest BCUT2D eigenvalue weighted by Crippen LogP contribution is 2.18. The largest absolute Gasteiger partial charge is 0.368 e. The van der Waals surface area contributed by atoms with Crippen molar-refractivity contribution in [2.45, 2.75) is 45.8 Å². The Kier molecular flexibility index (Phi) is 4.78. The number of ether oxygens (including phenoxy) is 1. The number of Topliss-reactive ketones (excluding diaryl/α,β-unsaturated/α-hetero) is 1. The summed E-state index contributed by atoms with van der Waals surface area (Å²) in [6.45, 7) is 6.40. The summed E-state index contributed by atoms with van der Waals surface area (Å²) in [6.07, 6.45) is 1.27. The van der Waals surface area contributed by atoms with Crippen molar-refractivity contribution in [1.29, 1.82) is 0 Å². The molecule has 2 rings (SSSR count). The highest BCUT2D eigenvalue weighted by molar-refractivity contribution is 6.02. The van der Waals surface area contributed by atoms with E-state index in [1.807, 2.05) is 32.0 Å². The van der Waals surface area contributed by atoms with E-state index in [2.05, 4.69) is 0 Å². The number of hydrogen-bond donors (Lipinski definition) is 0. The van der Waals surface area contributed by atoms with E-state index in [-0.39, 0.29) is 17.8 Å². The summed E-state index contributed by atoms with van der Waals surface area (Å²) in [6, 6.07) is 5.17. The molecular formula is C17H23NO3. The Hall–Kier alpha value is -1.68. The topological polar surface area (TPSA) is 46.6 Å². The van der Waals surface area contributed by atoms with Crippen LogP contribution in [0.1, 0.15) is 41.3 Å². The van der Waals surface area contributed by atoms with Crippen LogP contribution in [0, 0.1) is 13.8 Å². The highest BCUT2D eigenvalue weighted by Gasteiger charge is 2.31. The van der Waals surface area contributed by atoms with E-state index in [1.54, 1.807) is 14.0 Å². The van der Waals surface area contributed by atoms with E-state index >= 15 is 0 Å². The maximum atomic E-state index is 12.5. The fraction of sp³-hybridized carbons (Fsp3) is 0.529. The van der Waals surface area contributed by atoms with Gasteiger partial charge >= 0.3 is 0 Å².